The van der Waals surface area contributed by atoms with Gasteiger partial charge in [-0.3, -0.25) is 10.1 Å². The summed E-state index contributed by atoms with van der Waals surface area (Å²) < 4.78 is 4.78. The van der Waals surface area contributed by atoms with E-state index >= 15 is 0 Å². The fourth-order valence-electron chi connectivity index (χ4n) is 1.14. The minimum absolute atomic E-state index is 0.161. The van der Waals surface area contributed by atoms with Gasteiger partial charge in [0.15, 0.2) is 0 Å². The van der Waals surface area contributed by atoms with Crippen LogP contribution in [0.4, 0.5) is 5.95 Å². The number of halogens is 1. The molecule has 90 valence electrons. The molecule has 2 heterocycles. The Balaban J connectivity index is 2.14. The third kappa shape index (κ3) is 2.40. The summed E-state index contributed by atoms with van der Waals surface area (Å²) in [7, 11) is 1.44. The molecule has 0 saturated carbocycles. The van der Waals surface area contributed by atoms with Crippen LogP contribution in [0.15, 0.2) is 5.38 Å². The highest BCUT2D eigenvalue weighted by molar-refractivity contribution is 7.13. The Kier molecular flexibility index (Phi) is 3.30. The van der Waals surface area contributed by atoms with E-state index in [2.05, 4.69) is 20.5 Å². The van der Waals surface area contributed by atoms with E-state index in [9.17, 15) is 4.79 Å². The summed E-state index contributed by atoms with van der Waals surface area (Å²) in [6.45, 7) is 1.84. The Labute approximate surface area is 106 Å². The first-order chi connectivity index (χ1) is 8.11. The summed E-state index contributed by atoms with van der Waals surface area (Å²) >= 11 is 7.26. The van der Waals surface area contributed by atoms with Crippen molar-refractivity contribution in [1.29, 1.82) is 0 Å². The molecule has 8 heteroatoms. The van der Waals surface area contributed by atoms with Crippen LogP contribution in [0.25, 0.3) is 0 Å². The number of H-pyrrole nitrogens is 1. The lowest BCUT2D eigenvalue weighted by Crippen LogP contribution is -2.11. The van der Waals surface area contributed by atoms with Gasteiger partial charge in [0.2, 0.25) is 5.95 Å². The molecule has 0 unspecified atom stereocenters. The van der Waals surface area contributed by atoms with E-state index in [1.165, 1.54) is 18.4 Å². The number of aromatic amines is 1. The molecule has 0 spiro atoms. The van der Waals surface area contributed by atoms with Crippen LogP contribution in [-0.4, -0.2) is 28.2 Å². The first-order valence-electron chi connectivity index (χ1n) is 4.63. The van der Waals surface area contributed by atoms with Gasteiger partial charge in [-0.15, -0.1) is 16.4 Å². The second-order valence-corrected chi connectivity index (χ2v) is 4.44. The number of carbonyl (C=O) groups is 1. The van der Waals surface area contributed by atoms with Crippen molar-refractivity contribution < 1.29 is 9.53 Å². The Morgan fingerprint density at radius 3 is 2.94 bits per heavy atom. The molecular formula is C9H9ClN4O2S. The van der Waals surface area contributed by atoms with Crippen LogP contribution in [0.2, 0.25) is 5.02 Å². The number of ether oxygens (including phenoxy) is 1. The Morgan fingerprint density at radius 1 is 1.65 bits per heavy atom. The van der Waals surface area contributed by atoms with Crippen LogP contribution in [0.3, 0.4) is 0 Å². The highest BCUT2D eigenvalue weighted by Crippen LogP contribution is 2.27. The van der Waals surface area contributed by atoms with Crippen molar-refractivity contribution in [2.75, 3.05) is 12.4 Å². The topological polar surface area (TPSA) is 79.9 Å². The number of hydrogen-bond donors (Lipinski definition) is 2. The highest BCUT2D eigenvalue weighted by Gasteiger charge is 2.16. The SMILES string of the molecule is COc1n[nH]c(NC(=O)c2scc(C)c2Cl)n1. The molecule has 0 bridgehead atoms. The molecule has 0 radical (unpaired) electrons. The van der Waals surface area contributed by atoms with Crippen LogP contribution in [0, 0.1) is 6.92 Å². The minimum atomic E-state index is -0.327. The van der Waals surface area contributed by atoms with E-state index < -0.39 is 0 Å². The predicted molar refractivity (Wildman–Crippen MR) is 65.0 cm³/mol. The van der Waals surface area contributed by atoms with Crippen molar-refractivity contribution in [2.24, 2.45) is 0 Å². The van der Waals surface area contributed by atoms with Gasteiger partial charge in [0, 0.05) is 0 Å². The molecule has 2 rings (SSSR count). The molecule has 2 aromatic rings. The number of anilines is 1. The molecule has 6 nitrogen and oxygen atoms in total. The van der Waals surface area contributed by atoms with Gasteiger partial charge in [-0.25, -0.2) is 5.10 Å². The summed E-state index contributed by atoms with van der Waals surface area (Å²) in [5.41, 5.74) is 0.872. The number of methoxy groups -OCH3 is 1. The summed E-state index contributed by atoms with van der Waals surface area (Å²) in [6.07, 6.45) is 0. The number of hydrogen-bond acceptors (Lipinski definition) is 5. The van der Waals surface area contributed by atoms with Crippen molar-refractivity contribution in [3.63, 3.8) is 0 Å². The Bertz CT molecular complexity index is 551. The molecular weight excluding hydrogens is 264 g/mol. The average molecular weight is 273 g/mol. The van der Waals surface area contributed by atoms with Gasteiger partial charge >= 0.3 is 6.01 Å². The second kappa shape index (κ2) is 4.72. The largest absolute Gasteiger partial charge is 0.466 e. The molecule has 2 N–H and O–H groups in total. The second-order valence-electron chi connectivity index (χ2n) is 3.19. The number of aryl methyl sites for hydroxylation is 1. The zero-order valence-corrected chi connectivity index (χ0v) is 10.6. The summed E-state index contributed by atoms with van der Waals surface area (Å²) in [6, 6.07) is 0.161. The molecule has 17 heavy (non-hydrogen) atoms. The van der Waals surface area contributed by atoms with Crippen molar-refractivity contribution in [1.82, 2.24) is 15.2 Å². The van der Waals surface area contributed by atoms with Crippen LogP contribution < -0.4 is 10.1 Å². The maximum atomic E-state index is 11.8. The maximum Gasteiger partial charge on any atom is 0.336 e. The molecule has 0 atom stereocenters. The quantitative estimate of drug-likeness (QED) is 0.897. The summed E-state index contributed by atoms with van der Waals surface area (Å²) in [5.74, 6) is -0.110. The minimum Gasteiger partial charge on any atom is -0.466 e. The van der Waals surface area contributed by atoms with Gasteiger partial charge in [0.1, 0.15) is 4.88 Å². The molecule has 2 aromatic heterocycles. The maximum absolute atomic E-state index is 11.8. The fourth-order valence-corrected chi connectivity index (χ4v) is 2.31. The van der Waals surface area contributed by atoms with Crippen molar-refractivity contribution in [2.45, 2.75) is 6.92 Å². The molecule has 1 amide bonds. The first-order valence-corrected chi connectivity index (χ1v) is 5.89. The van der Waals surface area contributed by atoms with Gasteiger partial charge in [0.05, 0.1) is 12.1 Å². The molecule has 0 aliphatic carbocycles. The van der Waals surface area contributed by atoms with E-state index in [1.54, 1.807) is 0 Å². The zero-order valence-electron chi connectivity index (χ0n) is 9.07. The molecule has 0 saturated heterocycles. The number of aromatic nitrogens is 3. The third-order valence-corrected chi connectivity index (χ3v) is 3.68. The van der Waals surface area contributed by atoms with E-state index in [4.69, 9.17) is 16.3 Å². The lowest BCUT2D eigenvalue weighted by molar-refractivity contribution is 0.103. The fraction of sp³-hybridized carbons (Fsp3) is 0.222. The third-order valence-electron chi connectivity index (χ3n) is 1.98. The number of carbonyl (C=O) groups excluding carboxylic acids is 1. The standard InChI is InChI=1S/C9H9ClN4O2S/c1-4-3-17-6(5(4)10)7(15)11-8-12-9(16-2)14-13-8/h3H,1-2H3,(H2,11,12,13,14,15). The van der Waals surface area contributed by atoms with Crippen molar-refractivity contribution >= 4 is 34.8 Å². The zero-order chi connectivity index (χ0) is 12.4. The lowest BCUT2D eigenvalue weighted by atomic mass is 10.3. The number of rotatable bonds is 3. The van der Waals surface area contributed by atoms with Crippen molar-refractivity contribution in [3.8, 4) is 6.01 Å². The smallest absolute Gasteiger partial charge is 0.336 e. The average Bonchev–Trinajstić information content (AvgIpc) is 2.88. The number of amides is 1. The normalized spacial score (nSPS) is 10.3. The summed E-state index contributed by atoms with van der Waals surface area (Å²) in [4.78, 5) is 16.1. The number of thiophene rings is 1. The monoisotopic (exact) mass is 272 g/mol. The molecule has 0 fully saturated rings. The molecule has 0 aliphatic heterocycles. The van der Waals surface area contributed by atoms with Gasteiger partial charge in [-0.2, -0.15) is 4.98 Å². The van der Waals surface area contributed by atoms with Gasteiger partial charge in [0.25, 0.3) is 5.91 Å². The number of nitrogens with one attached hydrogen (secondary N) is 2. The van der Waals surface area contributed by atoms with E-state index in [0.29, 0.717) is 9.90 Å². The van der Waals surface area contributed by atoms with Gasteiger partial charge in [-0.05, 0) is 17.9 Å². The van der Waals surface area contributed by atoms with Crippen LogP contribution in [-0.2, 0) is 0 Å². The molecule has 0 aliphatic rings. The molecule has 0 aromatic carbocycles. The Morgan fingerprint density at radius 2 is 2.41 bits per heavy atom. The van der Waals surface area contributed by atoms with Gasteiger partial charge in [-0.1, -0.05) is 11.6 Å². The van der Waals surface area contributed by atoms with E-state index in [1.807, 2.05) is 12.3 Å². The van der Waals surface area contributed by atoms with Crippen LogP contribution in [0.5, 0.6) is 6.01 Å². The predicted octanol–water partition coefficient (Wildman–Crippen LogP) is 2.09. The summed E-state index contributed by atoms with van der Waals surface area (Å²) in [5, 5.41) is 11.1. The van der Waals surface area contributed by atoms with Crippen LogP contribution >= 0.6 is 22.9 Å². The number of nitrogens with zero attached hydrogens (tertiary/aromatic N) is 2. The van der Waals surface area contributed by atoms with E-state index in [0.717, 1.165) is 5.56 Å². The van der Waals surface area contributed by atoms with Crippen LogP contribution in [0.1, 0.15) is 15.2 Å². The highest BCUT2D eigenvalue weighted by atomic mass is 35.5. The first kappa shape index (κ1) is 11.9. The van der Waals surface area contributed by atoms with Gasteiger partial charge < -0.3 is 4.74 Å². The lowest BCUT2D eigenvalue weighted by Gasteiger charge is -1.98. The van der Waals surface area contributed by atoms with Crippen molar-refractivity contribution in [3.05, 3.63) is 20.8 Å². The van der Waals surface area contributed by atoms with E-state index in [-0.39, 0.29) is 17.9 Å². The Hall–Kier alpha value is -1.60.